The van der Waals surface area contributed by atoms with E-state index in [0.29, 0.717) is 18.4 Å². The molecular weight excluding hydrogens is 304 g/mol. The molecular formula is C17H28N6O. The second kappa shape index (κ2) is 6.37. The predicted molar refractivity (Wildman–Crippen MR) is 95.4 cm³/mol. The van der Waals surface area contributed by atoms with Crippen LogP contribution in [0.15, 0.2) is 10.6 Å². The number of nitrogens with zero attached hydrogens (tertiary/aromatic N) is 5. The quantitative estimate of drug-likeness (QED) is 0.921. The van der Waals surface area contributed by atoms with Gasteiger partial charge < -0.3 is 14.7 Å². The Morgan fingerprint density at radius 1 is 1.00 bits per heavy atom. The summed E-state index contributed by atoms with van der Waals surface area (Å²) >= 11 is 0. The van der Waals surface area contributed by atoms with Crippen LogP contribution < -0.4 is 10.2 Å². The highest BCUT2D eigenvalue weighted by Crippen LogP contribution is 2.26. The molecule has 24 heavy (non-hydrogen) atoms. The van der Waals surface area contributed by atoms with Crippen LogP contribution in [0.5, 0.6) is 0 Å². The highest BCUT2D eigenvalue weighted by molar-refractivity contribution is 5.39. The number of hydrogen-bond donors (Lipinski definition) is 1. The molecule has 0 saturated carbocycles. The fourth-order valence-electron chi connectivity index (χ4n) is 1.92. The zero-order chi connectivity index (χ0) is 18.1. The standard InChI is InChI=1S/C17H28N6O/c1-16(2,3)11-9-12(20-14(19-11)17(4,5)6)18-10-13-21-15(22-24-13)23(7)8/h9H,10H2,1-8H3,(H,18,19,20). The maximum Gasteiger partial charge on any atom is 0.265 e. The van der Waals surface area contributed by atoms with Gasteiger partial charge in [0.15, 0.2) is 0 Å². The first-order chi connectivity index (χ1) is 11.0. The molecule has 0 aromatic carbocycles. The molecule has 0 atom stereocenters. The van der Waals surface area contributed by atoms with Crippen LogP contribution in [0.1, 0.15) is 59.0 Å². The van der Waals surface area contributed by atoms with Gasteiger partial charge in [-0.1, -0.05) is 41.5 Å². The molecule has 0 aliphatic heterocycles. The number of aromatic nitrogens is 4. The van der Waals surface area contributed by atoms with E-state index in [4.69, 9.17) is 9.51 Å². The summed E-state index contributed by atoms with van der Waals surface area (Å²) in [6.45, 7) is 13.2. The third kappa shape index (κ3) is 4.43. The molecule has 1 N–H and O–H groups in total. The summed E-state index contributed by atoms with van der Waals surface area (Å²) in [6, 6.07) is 1.98. The summed E-state index contributed by atoms with van der Waals surface area (Å²) in [5, 5.41) is 7.18. The van der Waals surface area contributed by atoms with E-state index in [-0.39, 0.29) is 10.8 Å². The molecule has 132 valence electrons. The van der Waals surface area contributed by atoms with Crippen LogP contribution in [0.2, 0.25) is 0 Å². The summed E-state index contributed by atoms with van der Waals surface area (Å²) in [4.78, 5) is 15.5. The third-order valence-electron chi connectivity index (χ3n) is 3.44. The van der Waals surface area contributed by atoms with Crippen molar-refractivity contribution in [2.24, 2.45) is 0 Å². The van der Waals surface area contributed by atoms with Gasteiger partial charge in [0.1, 0.15) is 11.6 Å². The lowest BCUT2D eigenvalue weighted by molar-refractivity contribution is 0.383. The molecule has 0 unspecified atom stereocenters. The Hall–Kier alpha value is -2.18. The van der Waals surface area contributed by atoms with Crippen LogP contribution in [-0.2, 0) is 17.4 Å². The minimum Gasteiger partial charge on any atom is -0.361 e. The highest BCUT2D eigenvalue weighted by atomic mass is 16.5. The average molecular weight is 332 g/mol. The minimum absolute atomic E-state index is 0.0536. The Labute approximate surface area is 143 Å². The van der Waals surface area contributed by atoms with Gasteiger partial charge in [0.2, 0.25) is 5.89 Å². The van der Waals surface area contributed by atoms with Gasteiger partial charge in [-0.25, -0.2) is 9.97 Å². The van der Waals surface area contributed by atoms with Crippen molar-refractivity contribution in [1.82, 2.24) is 20.1 Å². The summed E-state index contributed by atoms with van der Waals surface area (Å²) in [6.07, 6.45) is 0. The van der Waals surface area contributed by atoms with E-state index < -0.39 is 0 Å². The molecule has 0 fully saturated rings. The molecule has 0 aliphatic rings. The molecule has 0 spiro atoms. The number of anilines is 2. The van der Waals surface area contributed by atoms with Crippen molar-refractivity contribution >= 4 is 11.8 Å². The Bertz CT molecular complexity index is 662. The van der Waals surface area contributed by atoms with Crippen molar-refractivity contribution in [2.75, 3.05) is 24.3 Å². The molecule has 0 aliphatic carbocycles. The van der Waals surface area contributed by atoms with Gasteiger partial charge in [-0.3, -0.25) is 0 Å². The van der Waals surface area contributed by atoms with Crippen molar-refractivity contribution in [1.29, 1.82) is 0 Å². The summed E-state index contributed by atoms with van der Waals surface area (Å²) in [5.41, 5.74) is 0.826. The smallest absolute Gasteiger partial charge is 0.265 e. The molecule has 2 aromatic heterocycles. The molecule has 2 aromatic rings. The second-order valence-corrected chi connectivity index (χ2v) is 8.20. The van der Waals surface area contributed by atoms with E-state index in [1.807, 2.05) is 20.2 Å². The van der Waals surface area contributed by atoms with Gasteiger partial charge in [-0.2, -0.15) is 4.98 Å². The SMILES string of the molecule is CN(C)c1noc(CNc2cc(C(C)(C)C)nc(C(C)(C)C)n2)n1. The van der Waals surface area contributed by atoms with Crippen LogP contribution in [0.25, 0.3) is 0 Å². The van der Waals surface area contributed by atoms with Crippen LogP contribution in [0.4, 0.5) is 11.8 Å². The molecule has 0 amide bonds. The fraction of sp³-hybridized carbons (Fsp3) is 0.647. The first-order valence-electron chi connectivity index (χ1n) is 8.10. The van der Waals surface area contributed by atoms with Crippen molar-refractivity contribution in [3.8, 4) is 0 Å². The van der Waals surface area contributed by atoms with Crippen LogP contribution >= 0.6 is 0 Å². The van der Waals surface area contributed by atoms with Crippen molar-refractivity contribution in [3.63, 3.8) is 0 Å². The zero-order valence-electron chi connectivity index (χ0n) is 15.9. The Morgan fingerprint density at radius 3 is 2.17 bits per heavy atom. The van der Waals surface area contributed by atoms with Crippen LogP contribution in [-0.4, -0.2) is 34.2 Å². The van der Waals surface area contributed by atoms with Gasteiger partial charge in [-0.05, 0) is 5.16 Å². The minimum atomic E-state index is -0.125. The molecule has 0 bridgehead atoms. The van der Waals surface area contributed by atoms with Crippen LogP contribution in [0, 0.1) is 0 Å². The molecule has 7 heteroatoms. The Morgan fingerprint density at radius 2 is 1.67 bits per heavy atom. The van der Waals surface area contributed by atoms with Crippen molar-refractivity contribution in [2.45, 2.75) is 58.9 Å². The van der Waals surface area contributed by atoms with E-state index in [2.05, 4.69) is 62.0 Å². The van der Waals surface area contributed by atoms with E-state index >= 15 is 0 Å². The molecule has 2 rings (SSSR count). The van der Waals surface area contributed by atoms with E-state index in [1.165, 1.54) is 0 Å². The monoisotopic (exact) mass is 332 g/mol. The van der Waals surface area contributed by atoms with Gasteiger partial charge in [0, 0.05) is 31.0 Å². The van der Waals surface area contributed by atoms with Gasteiger partial charge in [-0.15, -0.1) is 0 Å². The highest BCUT2D eigenvalue weighted by Gasteiger charge is 2.23. The third-order valence-corrected chi connectivity index (χ3v) is 3.44. The lowest BCUT2D eigenvalue weighted by atomic mass is 9.90. The Balaban J connectivity index is 2.25. The molecule has 0 radical (unpaired) electrons. The summed E-state index contributed by atoms with van der Waals surface area (Å²) < 4.78 is 5.23. The number of rotatable bonds is 4. The van der Waals surface area contributed by atoms with E-state index in [0.717, 1.165) is 17.3 Å². The van der Waals surface area contributed by atoms with E-state index in [1.54, 1.807) is 4.90 Å². The van der Waals surface area contributed by atoms with Gasteiger partial charge in [0.05, 0.1) is 12.2 Å². The molecule has 7 nitrogen and oxygen atoms in total. The fourth-order valence-corrected chi connectivity index (χ4v) is 1.92. The normalized spacial score (nSPS) is 12.3. The van der Waals surface area contributed by atoms with Gasteiger partial charge in [0.25, 0.3) is 5.95 Å². The summed E-state index contributed by atoms with van der Waals surface area (Å²) in [7, 11) is 3.75. The Kier molecular flexibility index (Phi) is 4.82. The first kappa shape index (κ1) is 18.2. The van der Waals surface area contributed by atoms with Crippen LogP contribution in [0.3, 0.4) is 0 Å². The van der Waals surface area contributed by atoms with Crippen molar-refractivity contribution < 1.29 is 4.52 Å². The predicted octanol–water partition coefficient (Wildman–Crippen LogP) is 3.13. The van der Waals surface area contributed by atoms with Gasteiger partial charge >= 0.3 is 0 Å². The largest absolute Gasteiger partial charge is 0.361 e. The topological polar surface area (TPSA) is 80.0 Å². The molecule has 0 saturated heterocycles. The van der Waals surface area contributed by atoms with E-state index in [9.17, 15) is 0 Å². The summed E-state index contributed by atoms with van der Waals surface area (Å²) in [5.74, 6) is 2.66. The maximum absolute atomic E-state index is 5.23. The number of hydrogen-bond acceptors (Lipinski definition) is 7. The average Bonchev–Trinajstić information content (AvgIpc) is 2.92. The maximum atomic E-state index is 5.23. The lowest BCUT2D eigenvalue weighted by Gasteiger charge is -2.23. The lowest BCUT2D eigenvalue weighted by Crippen LogP contribution is -2.22. The second-order valence-electron chi connectivity index (χ2n) is 8.20. The zero-order valence-corrected chi connectivity index (χ0v) is 15.9. The van der Waals surface area contributed by atoms with Crippen molar-refractivity contribution in [3.05, 3.63) is 23.5 Å². The molecule has 2 heterocycles. The number of nitrogens with one attached hydrogen (secondary N) is 1. The first-order valence-corrected chi connectivity index (χ1v) is 8.10.